The number of benzene rings is 1. The molecule has 1 amide bonds. The maximum Gasteiger partial charge on any atom is 0.258 e. The Hall–Kier alpha value is -1.10. The van der Waals surface area contributed by atoms with Crippen LogP contribution >= 0.6 is 39.1 Å². The molecule has 0 aliphatic rings. The quantitative estimate of drug-likeness (QED) is 0.819. The molecule has 1 heterocycles. The largest absolute Gasteiger partial charge is 0.306 e. The van der Waals surface area contributed by atoms with Crippen molar-refractivity contribution in [1.82, 2.24) is 4.98 Å². The molecule has 0 saturated heterocycles. The standard InChI is InChI=1S/C12H7BrCl2N2O/c13-9-5-4-7(14)6-8(9)12(18)17-11-3-1-2-10(15)16-11/h1-6H,(H,16,17,18). The van der Waals surface area contributed by atoms with E-state index in [-0.39, 0.29) is 5.91 Å². The fraction of sp³-hybridized carbons (Fsp3) is 0. The summed E-state index contributed by atoms with van der Waals surface area (Å²) in [7, 11) is 0. The number of pyridine rings is 1. The van der Waals surface area contributed by atoms with Gasteiger partial charge in [-0.15, -0.1) is 0 Å². The summed E-state index contributed by atoms with van der Waals surface area (Å²) in [5, 5.41) is 3.45. The summed E-state index contributed by atoms with van der Waals surface area (Å²) < 4.78 is 0.659. The first-order valence-electron chi connectivity index (χ1n) is 4.95. The van der Waals surface area contributed by atoms with Crippen LogP contribution in [0.2, 0.25) is 10.2 Å². The second-order valence-electron chi connectivity index (χ2n) is 3.42. The Morgan fingerprint density at radius 2 is 2.00 bits per heavy atom. The normalized spacial score (nSPS) is 10.2. The van der Waals surface area contributed by atoms with E-state index >= 15 is 0 Å². The van der Waals surface area contributed by atoms with Gasteiger partial charge in [0.15, 0.2) is 0 Å². The molecule has 0 unspecified atom stereocenters. The highest BCUT2D eigenvalue weighted by Crippen LogP contribution is 2.22. The van der Waals surface area contributed by atoms with Gasteiger partial charge in [-0.1, -0.05) is 29.3 Å². The number of rotatable bonds is 2. The lowest BCUT2D eigenvalue weighted by molar-refractivity contribution is 0.102. The van der Waals surface area contributed by atoms with Crippen molar-refractivity contribution in [1.29, 1.82) is 0 Å². The van der Waals surface area contributed by atoms with Gasteiger partial charge in [-0.25, -0.2) is 4.98 Å². The minimum Gasteiger partial charge on any atom is -0.306 e. The molecule has 1 N–H and O–H groups in total. The molecule has 18 heavy (non-hydrogen) atoms. The number of carbonyl (C=O) groups is 1. The second-order valence-corrected chi connectivity index (χ2v) is 5.10. The summed E-state index contributed by atoms with van der Waals surface area (Å²) in [6, 6.07) is 9.97. The summed E-state index contributed by atoms with van der Waals surface area (Å²) in [6.45, 7) is 0. The van der Waals surface area contributed by atoms with Gasteiger partial charge in [0.25, 0.3) is 5.91 Å². The zero-order valence-corrected chi connectivity index (χ0v) is 12.1. The van der Waals surface area contributed by atoms with E-state index in [4.69, 9.17) is 23.2 Å². The van der Waals surface area contributed by atoms with Crippen LogP contribution < -0.4 is 5.32 Å². The third-order valence-corrected chi connectivity index (χ3v) is 3.27. The Morgan fingerprint density at radius 1 is 1.22 bits per heavy atom. The number of aromatic nitrogens is 1. The average Bonchev–Trinajstić information content (AvgIpc) is 2.32. The van der Waals surface area contributed by atoms with Crippen LogP contribution in [0.1, 0.15) is 10.4 Å². The topological polar surface area (TPSA) is 42.0 Å². The number of nitrogens with zero attached hydrogens (tertiary/aromatic N) is 1. The lowest BCUT2D eigenvalue weighted by Crippen LogP contribution is -2.13. The van der Waals surface area contributed by atoms with Gasteiger partial charge in [0.2, 0.25) is 0 Å². The molecular formula is C12H7BrCl2N2O. The SMILES string of the molecule is O=C(Nc1cccc(Cl)n1)c1cc(Cl)ccc1Br. The van der Waals surface area contributed by atoms with Crippen LogP contribution in [0.25, 0.3) is 0 Å². The van der Waals surface area contributed by atoms with Crippen molar-refractivity contribution in [2.45, 2.75) is 0 Å². The summed E-state index contributed by atoms with van der Waals surface area (Å²) in [5.74, 6) is 0.0820. The molecule has 0 atom stereocenters. The molecule has 1 aromatic carbocycles. The van der Waals surface area contributed by atoms with E-state index in [1.54, 1.807) is 36.4 Å². The fourth-order valence-corrected chi connectivity index (χ4v) is 2.10. The van der Waals surface area contributed by atoms with Crippen LogP contribution in [0, 0.1) is 0 Å². The molecule has 0 saturated carbocycles. The highest BCUT2D eigenvalue weighted by Gasteiger charge is 2.11. The molecule has 0 radical (unpaired) electrons. The highest BCUT2D eigenvalue weighted by atomic mass is 79.9. The summed E-state index contributed by atoms with van der Waals surface area (Å²) >= 11 is 14.9. The summed E-state index contributed by atoms with van der Waals surface area (Å²) in [6.07, 6.45) is 0. The first-order chi connectivity index (χ1) is 8.56. The molecular weight excluding hydrogens is 339 g/mol. The molecule has 6 heteroatoms. The van der Waals surface area contributed by atoms with Gasteiger partial charge in [0.05, 0.1) is 5.56 Å². The first-order valence-corrected chi connectivity index (χ1v) is 6.50. The van der Waals surface area contributed by atoms with Crippen molar-refractivity contribution in [2.24, 2.45) is 0 Å². The number of hydrogen-bond acceptors (Lipinski definition) is 2. The molecule has 1 aromatic heterocycles. The number of carbonyl (C=O) groups excluding carboxylic acids is 1. The van der Waals surface area contributed by atoms with Crippen LogP contribution in [0.4, 0.5) is 5.82 Å². The van der Waals surface area contributed by atoms with E-state index in [2.05, 4.69) is 26.2 Å². The lowest BCUT2D eigenvalue weighted by Gasteiger charge is -2.06. The Kier molecular flexibility index (Phi) is 4.22. The van der Waals surface area contributed by atoms with E-state index in [0.29, 0.717) is 26.0 Å². The van der Waals surface area contributed by atoms with Crippen molar-refractivity contribution in [3.63, 3.8) is 0 Å². The van der Waals surface area contributed by atoms with E-state index < -0.39 is 0 Å². The predicted molar refractivity (Wildman–Crippen MR) is 76.4 cm³/mol. The Balaban J connectivity index is 2.24. The van der Waals surface area contributed by atoms with Gasteiger partial charge in [-0.05, 0) is 46.3 Å². The number of amides is 1. The van der Waals surface area contributed by atoms with Crippen LogP contribution in [0.5, 0.6) is 0 Å². The van der Waals surface area contributed by atoms with Gasteiger partial charge in [-0.2, -0.15) is 0 Å². The maximum absolute atomic E-state index is 12.0. The van der Waals surface area contributed by atoms with Crippen molar-refractivity contribution in [3.8, 4) is 0 Å². The molecule has 0 fully saturated rings. The highest BCUT2D eigenvalue weighted by molar-refractivity contribution is 9.10. The molecule has 0 aliphatic carbocycles. The summed E-state index contributed by atoms with van der Waals surface area (Å²) in [4.78, 5) is 16.0. The molecule has 0 bridgehead atoms. The van der Waals surface area contributed by atoms with Gasteiger partial charge < -0.3 is 5.32 Å². The maximum atomic E-state index is 12.0. The van der Waals surface area contributed by atoms with Crippen LogP contribution in [-0.4, -0.2) is 10.9 Å². The van der Waals surface area contributed by atoms with E-state index in [9.17, 15) is 4.79 Å². The minimum absolute atomic E-state index is 0.306. The van der Waals surface area contributed by atoms with E-state index in [0.717, 1.165) is 0 Å². The van der Waals surface area contributed by atoms with Crippen LogP contribution in [0.15, 0.2) is 40.9 Å². The van der Waals surface area contributed by atoms with Crippen molar-refractivity contribution >= 4 is 50.9 Å². The number of hydrogen-bond donors (Lipinski definition) is 1. The molecule has 2 aromatic rings. The molecule has 92 valence electrons. The minimum atomic E-state index is -0.306. The monoisotopic (exact) mass is 344 g/mol. The molecule has 0 aliphatic heterocycles. The predicted octanol–water partition coefficient (Wildman–Crippen LogP) is 4.40. The fourth-order valence-electron chi connectivity index (χ4n) is 1.33. The third kappa shape index (κ3) is 3.22. The van der Waals surface area contributed by atoms with Crippen LogP contribution in [0.3, 0.4) is 0 Å². The molecule has 3 nitrogen and oxygen atoms in total. The van der Waals surface area contributed by atoms with Crippen LogP contribution in [-0.2, 0) is 0 Å². The van der Waals surface area contributed by atoms with Gasteiger partial charge in [-0.3, -0.25) is 4.79 Å². The molecule has 2 rings (SSSR count). The Morgan fingerprint density at radius 3 is 2.72 bits per heavy atom. The second kappa shape index (κ2) is 5.69. The van der Waals surface area contributed by atoms with Crippen molar-refractivity contribution < 1.29 is 4.79 Å². The van der Waals surface area contributed by atoms with Gasteiger partial charge >= 0.3 is 0 Å². The van der Waals surface area contributed by atoms with Crippen molar-refractivity contribution in [3.05, 3.63) is 56.6 Å². The number of anilines is 1. The van der Waals surface area contributed by atoms with Gasteiger partial charge in [0, 0.05) is 9.50 Å². The number of nitrogens with one attached hydrogen (secondary N) is 1. The Bertz CT molecular complexity index is 604. The van der Waals surface area contributed by atoms with E-state index in [1.165, 1.54) is 0 Å². The average molecular weight is 346 g/mol. The Labute approximate surface area is 122 Å². The summed E-state index contributed by atoms with van der Waals surface area (Å²) in [5.41, 5.74) is 0.435. The zero-order chi connectivity index (χ0) is 13.1. The molecule has 0 spiro atoms. The smallest absolute Gasteiger partial charge is 0.258 e. The van der Waals surface area contributed by atoms with Gasteiger partial charge in [0.1, 0.15) is 11.0 Å². The zero-order valence-electron chi connectivity index (χ0n) is 8.95. The number of halogens is 3. The van der Waals surface area contributed by atoms with E-state index in [1.807, 2.05) is 0 Å². The first kappa shape index (κ1) is 13.3. The lowest BCUT2D eigenvalue weighted by atomic mass is 10.2. The van der Waals surface area contributed by atoms with Crippen molar-refractivity contribution in [2.75, 3.05) is 5.32 Å². The third-order valence-electron chi connectivity index (χ3n) is 2.13.